The third kappa shape index (κ3) is 3.32. The lowest BCUT2D eigenvalue weighted by Gasteiger charge is -2.02. The second-order valence-electron chi connectivity index (χ2n) is 4.07. The van der Waals surface area contributed by atoms with E-state index in [1.54, 1.807) is 16.9 Å². The minimum Gasteiger partial charge on any atom is -0.294 e. The van der Waals surface area contributed by atoms with Gasteiger partial charge in [0, 0.05) is 28.8 Å². The first-order valence-corrected chi connectivity index (χ1v) is 6.97. The van der Waals surface area contributed by atoms with Crippen molar-refractivity contribution in [3.8, 4) is 0 Å². The fourth-order valence-corrected chi connectivity index (χ4v) is 2.19. The van der Waals surface area contributed by atoms with Crippen molar-refractivity contribution < 1.29 is 4.79 Å². The number of carbonyl (C=O) groups is 1. The zero-order valence-corrected chi connectivity index (χ0v) is 12.8. The Balaban J connectivity index is 2.01. The second kappa shape index (κ2) is 5.84. The van der Waals surface area contributed by atoms with Crippen LogP contribution in [0.3, 0.4) is 0 Å². The summed E-state index contributed by atoms with van der Waals surface area (Å²) in [4.78, 5) is 12.0. The van der Waals surface area contributed by atoms with Crippen molar-refractivity contribution in [2.75, 3.05) is 0 Å². The molecule has 0 N–H and O–H groups in total. The van der Waals surface area contributed by atoms with Gasteiger partial charge in [-0.15, -0.1) is 0 Å². The van der Waals surface area contributed by atoms with Gasteiger partial charge in [0.05, 0.1) is 11.2 Å². The van der Waals surface area contributed by atoms with Crippen molar-refractivity contribution in [2.24, 2.45) is 7.05 Å². The summed E-state index contributed by atoms with van der Waals surface area (Å²) in [6.07, 6.45) is 4.89. The van der Waals surface area contributed by atoms with Crippen LogP contribution in [0.1, 0.15) is 22.3 Å². The number of Topliss-reactive ketones (excluding diaryl/α,β-unsaturated/α-hetero) is 1. The van der Waals surface area contributed by atoms with E-state index in [1.807, 2.05) is 25.4 Å². The number of aromatic nitrogens is 2. The second-order valence-corrected chi connectivity index (χ2v) is 5.64. The molecule has 0 spiro atoms. The van der Waals surface area contributed by atoms with Crippen LogP contribution < -0.4 is 0 Å². The monoisotopic (exact) mass is 374 g/mol. The molecule has 2 rings (SSSR count). The molecule has 0 saturated carbocycles. The molecule has 0 radical (unpaired) electrons. The van der Waals surface area contributed by atoms with Gasteiger partial charge in [-0.1, -0.05) is 17.7 Å². The maximum atomic E-state index is 12.0. The third-order valence-corrected chi connectivity index (χ3v) is 4.21. The zero-order chi connectivity index (χ0) is 13.1. The molecule has 0 amide bonds. The van der Waals surface area contributed by atoms with Gasteiger partial charge in [0.15, 0.2) is 5.78 Å². The van der Waals surface area contributed by atoms with E-state index in [4.69, 9.17) is 11.6 Å². The van der Waals surface area contributed by atoms with Gasteiger partial charge in [-0.3, -0.25) is 9.48 Å². The van der Waals surface area contributed by atoms with Crippen LogP contribution in [-0.2, 0) is 13.5 Å². The van der Waals surface area contributed by atoms with E-state index in [1.165, 1.54) is 0 Å². The Hall–Kier alpha value is -0.880. The highest BCUT2D eigenvalue weighted by atomic mass is 127. The number of hydrogen-bond donors (Lipinski definition) is 0. The fraction of sp³-hybridized carbons (Fsp3) is 0.231. The number of hydrogen-bond acceptors (Lipinski definition) is 2. The summed E-state index contributed by atoms with van der Waals surface area (Å²) in [7, 11) is 1.87. The number of benzene rings is 1. The van der Waals surface area contributed by atoms with Gasteiger partial charge in [0.1, 0.15) is 0 Å². The number of nitrogens with zero attached hydrogens (tertiary/aromatic N) is 2. The summed E-state index contributed by atoms with van der Waals surface area (Å²) in [5.41, 5.74) is 1.74. The molecule has 2 aromatic rings. The summed E-state index contributed by atoms with van der Waals surface area (Å²) < 4.78 is 2.69. The van der Waals surface area contributed by atoms with Gasteiger partial charge in [0.2, 0.25) is 0 Å². The first-order chi connectivity index (χ1) is 8.56. The standard InChI is InChI=1S/C13H12ClIN2O/c1-17-8-9(7-16-17)2-5-13(18)10-3-4-12(15)11(14)6-10/h3-4,6-8H,2,5H2,1H3. The number of aryl methyl sites for hydroxylation is 2. The fourth-order valence-electron chi connectivity index (χ4n) is 1.67. The molecule has 3 nitrogen and oxygen atoms in total. The van der Waals surface area contributed by atoms with E-state index in [2.05, 4.69) is 27.7 Å². The van der Waals surface area contributed by atoms with E-state index < -0.39 is 0 Å². The van der Waals surface area contributed by atoms with Gasteiger partial charge in [-0.05, 0) is 46.7 Å². The normalized spacial score (nSPS) is 10.6. The first-order valence-electron chi connectivity index (χ1n) is 5.52. The van der Waals surface area contributed by atoms with Crippen molar-refractivity contribution in [3.05, 3.63) is 50.3 Å². The molecule has 0 aliphatic heterocycles. The summed E-state index contributed by atoms with van der Waals surface area (Å²) in [6.45, 7) is 0. The Morgan fingerprint density at radius 3 is 2.89 bits per heavy atom. The molecule has 0 aliphatic carbocycles. The Morgan fingerprint density at radius 2 is 2.28 bits per heavy atom. The molecule has 18 heavy (non-hydrogen) atoms. The topological polar surface area (TPSA) is 34.9 Å². The summed E-state index contributed by atoms with van der Waals surface area (Å²) in [5, 5.41) is 4.70. The average Bonchev–Trinajstić information content (AvgIpc) is 2.75. The predicted octanol–water partition coefficient (Wildman–Crippen LogP) is 3.49. The molecule has 0 aliphatic rings. The van der Waals surface area contributed by atoms with Crippen LogP contribution in [0.4, 0.5) is 0 Å². The maximum Gasteiger partial charge on any atom is 0.163 e. The van der Waals surface area contributed by atoms with Crippen LogP contribution >= 0.6 is 34.2 Å². The number of rotatable bonds is 4. The van der Waals surface area contributed by atoms with Gasteiger partial charge in [-0.25, -0.2) is 0 Å². The molecule has 1 aromatic carbocycles. The molecule has 0 bridgehead atoms. The highest BCUT2D eigenvalue weighted by Gasteiger charge is 2.08. The molecular formula is C13H12ClIN2O. The summed E-state index contributed by atoms with van der Waals surface area (Å²) in [5.74, 6) is 0.108. The average molecular weight is 375 g/mol. The zero-order valence-electron chi connectivity index (χ0n) is 9.86. The highest BCUT2D eigenvalue weighted by Crippen LogP contribution is 2.20. The Kier molecular flexibility index (Phi) is 4.40. The summed E-state index contributed by atoms with van der Waals surface area (Å²) in [6, 6.07) is 5.41. The van der Waals surface area contributed by atoms with Gasteiger partial charge in [-0.2, -0.15) is 5.10 Å². The van der Waals surface area contributed by atoms with Crippen LogP contribution in [0, 0.1) is 3.57 Å². The highest BCUT2D eigenvalue weighted by molar-refractivity contribution is 14.1. The summed E-state index contributed by atoms with van der Waals surface area (Å²) >= 11 is 8.15. The molecule has 0 atom stereocenters. The Bertz CT molecular complexity index is 580. The molecule has 0 fully saturated rings. The molecule has 1 heterocycles. The SMILES string of the molecule is Cn1cc(CCC(=O)c2ccc(I)c(Cl)c2)cn1. The van der Waals surface area contributed by atoms with E-state index in [-0.39, 0.29) is 5.78 Å². The molecule has 1 aromatic heterocycles. The number of ketones is 1. The van der Waals surface area contributed by atoms with E-state index in [0.717, 1.165) is 9.13 Å². The molecule has 0 saturated heterocycles. The van der Waals surface area contributed by atoms with Gasteiger partial charge < -0.3 is 0 Å². The molecular weight excluding hydrogens is 363 g/mol. The predicted molar refractivity (Wildman–Crippen MR) is 80.0 cm³/mol. The minimum atomic E-state index is 0.108. The number of halogens is 2. The van der Waals surface area contributed by atoms with Gasteiger partial charge >= 0.3 is 0 Å². The van der Waals surface area contributed by atoms with Crippen molar-refractivity contribution in [3.63, 3.8) is 0 Å². The number of carbonyl (C=O) groups excluding carboxylic acids is 1. The Labute approximate surface area is 124 Å². The van der Waals surface area contributed by atoms with E-state index in [0.29, 0.717) is 23.4 Å². The lowest BCUT2D eigenvalue weighted by molar-refractivity contribution is 0.0983. The van der Waals surface area contributed by atoms with Crippen LogP contribution in [0.25, 0.3) is 0 Å². The Morgan fingerprint density at radius 1 is 1.50 bits per heavy atom. The maximum absolute atomic E-state index is 12.0. The first kappa shape index (κ1) is 13.5. The van der Waals surface area contributed by atoms with Crippen molar-refractivity contribution in [1.29, 1.82) is 0 Å². The van der Waals surface area contributed by atoms with Crippen LogP contribution in [0.5, 0.6) is 0 Å². The molecule has 5 heteroatoms. The van der Waals surface area contributed by atoms with Crippen LogP contribution in [-0.4, -0.2) is 15.6 Å². The third-order valence-electron chi connectivity index (χ3n) is 2.64. The molecule has 94 valence electrons. The van der Waals surface area contributed by atoms with Crippen LogP contribution in [0.2, 0.25) is 5.02 Å². The van der Waals surface area contributed by atoms with Gasteiger partial charge in [0.25, 0.3) is 0 Å². The van der Waals surface area contributed by atoms with Crippen molar-refractivity contribution >= 4 is 40.0 Å². The molecule has 0 unspecified atom stereocenters. The van der Waals surface area contributed by atoms with Crippen molar-refractivity contribution in [1.82, 2.24) is 9.78 Å². The lowest BCUT2D eigenvalue weighted by atomic mass is 10.0. The van der Waals surface area contributed by atoms with E-state index in [9.17, 15) is 4.79 Å². The van der Waals surface area contributed by atoms with E-state index >= 15 is 0 Å². The minimum absolute atomic E-state index is 0.108. The smallest absolute Gasteiger partial charge is 0.163 e. The largest absolute Gasteiger partial charge is 0.294 e. The van der Waals surface area contributed by atoms with Crippen LogP contribution in [0.15, 0.2) is 30.6 Å². The van der Waals surface area contributed by atoms with Crippen molar-refractivity contribution in [2.45, 2.75) is 12.8 Å². The lowest BCUT2D eigenvalue weighted by Crippen LogP contribution is -2.01. The quantitative estimate of drug-likeness (QED) is 0.606.